The molecule has 0 aromatic carbocycles. The molecular formula is C12H16Cl2N2P2. The van der Waals surface area contributed by atoms with Gasteiger partial charge >= 0.3 is 0 Å². The topological polar surface area (TPSA) is 6.48 Å². The Morgan fingerprint density at radius 3 is 1.50 bits per heavy atom. The molecule has 2 aliphatic heterocycles. The minimum atomic E-state index is -0.648. The summed E-state index contributed by atoms with van der Waals surface area (Å²) >= 11 is 13.6. The van der Waals surface area contributed by atoms with Crippen LogP contribution in [-0.2, 0) is 0 Å². The molecule has 2 atom stereocenters. The second kappa shape index (κ2) is 4.52. The third-order valence-electron chi connectivity index (χ3n) is 4.26. The van der Waals surface area contributed by atoms with Crippen molar-refractivity contribution in [1.82, 2.24) is 9.56 Å². The lowest BCUT2D eigenvalue weighted by molar-refractivity contribution is 0.290. The zero-order chi connectivity index (χ0) is 12.3. The average Bonchev–Trinajstić information content (AvgIpc) is 2.87. The van der Waals surface area contributed by atoms with Crippen molar-refractivity contribution in [3.63, 3.8) is 0 Å². The van der Waals surface area contributed by atoms with Crippen LogP contribution in [0.1, 0.15) is 51.4 Å². The number of hydrazine groups is 1. The molecule has 98 valence electrons. The van der Waals surface area contributed by atoms with E-state index in [2.05, 4.69) is 9.56 Å². The molecule has 0 bridgehead atoms. The van der Waals surface area contributed by atoms with Crippen molar-refractivity contribution < 1.29 is 0 Å². The highest BCUT2D eigenvalue weighted by molar-refractivity contribution is 7.89. The van der Waals surface area contributed by atoms with E-state index < -0.39 is 14.9 Å². The van der Waals surface area contributed by atoms with E-state index in [9.17, 15) is 0 Å². The summed E-state index contributed by atoms with van der Waals surface area (Å²) in [5, 5.41) is 3.03. The maximum absolute atomic E-state index is 6.78. The first kappa shape index (κ1) is 12.3. The number of nitrogens with zero attached hydrogens (tertiary/aromatic N) is 2. The molecule has 0 aromatic rings. The lowest BCUT2D eigenvalue weighted by atomic mass is 10.0. The summed E-state index contributed by atoms with van der Waals surface area (Å²) in [4.78, 5) is 0. The number of hydrogen-bond donors (Lipinski definition) is 0. The molecule has 2 nitrogen and oxygen atoms in total. The lowest BCUT2D eigenvalue weighted by Gasteiger charge is -2.31. The van der Waals surface area contributed by atoms with Gasteiger partial charge in [-0.25, -0.2) is 9.56 Å². The molecule has 6 heteroatoms. The van der Waals surface area contributed by atoms with Gasteiger partial charge in [0.05, 0.1) is 0 Å². The van der Waals surface area contributed by atoms with Gasteiger partial charge in [-0.05, 0) is 51.4 Å². The molecule has 2 aliphatic carbocycles. The zero-order valence-corrected chi connectivity index (χ0v) is 13.5. The summed E-state index contributed by atoms with van der Waals surface area (Å²) in [6.07, 6.45) is 9.96. The second-order valence-corrected chi connectivity index (χ2v) is 10.1. The summed E-state index contributed by atoms with van der Waals surface area (Å²) in [6, 6.07) is 0. The molecule has 2 heterocycles. The second-order valence-electron chi connectivity index (χ2n) is 5.30. The van der Waals surface area contributed by atoms with Crippen LogP contribution in [0.2, 0.25) is 0 Å². The fourth-order valence-corrected chi connectivity index (χ4v) is 9.72. The maximum atomic E-state index is 6.78. The number of halogens is 2. The van der Waals surface area contributed by atoms with Crippen LogP contribution in [0.4, 0.5) is 0 Å². The monoisotopic (exact) mass is 320 g/mol. The van der Waals surface area contributed by atoms with E-state index >= 15 is 0 Å². The van der Waals surface area contributed by atoms with Crippen LogP contribution in [0.5, 0.6) is 0 Å². The lowest BCUT2D eigenvalue weighted by Crippen LogP contribution is -2.23. The quantitative estimate of drug-likeness (QED) is 0.490. The van der Waals surface area contributed by atoms with Crippen LogP contribution >= 0.6 is 37.3 Å². The first-order valence-corrected chi connectivity index (χ1v) is 11.1. The number of allylic oxidation sites excluding steroid dienone is 4. The molecule has 0 saturated carbocycles. The smallest absolute Gasteiger partial charge is 0.140 e. The Balaban J connectivity index is 1.76. The van der Waals surface area contributed by atoms with Crippen LogP contribution in [0.3, 0.4) is 0 Å². The van der Waals surface area contributed by atoms with Crippen LogP contribution < -0.4 is 0 Å². The van der Waals surface area contributed by atoms with Crippen LogP contribution in [0, 0.1) is 0 Å². The summed E-state index contributed by atoms with van der Waals surface area (Å²) < 4.78 is 4.81. The minimum absolute atomic E-state index is 0.648. The van der Waals surface area contributed by atoms with Gasteiger partial charge in [0.1, 0.15) is 14.9 Å². The first-order valence-electron chi connectivity index (χ1n) is 6.75. The minimum Gasteiger partial charge on any atom is -0.244 e. The largest absolute Gasteiger partial charge is 0.244 e. The standard InChI is InChI=1S/C12H16Cl2N2P2/c13-17-11-7-3-1-5-9(11)15-16(17)10-6-2-4-8-12(10)18(15)14/h1-8H2. The van der Waals surface area contributed by atoms with Crippen molar-refractivity contribution in [1.29, 1.82) is 0 Å². The van der Waals surface area contributed by atoms with Crippen molar-refractivity contribution in [3.05, 3.63) is 22.0 Å². The van der Waals surface area contributed by atoms with E-state index in [0.717, 1.165) is 0 Å². The first-order chi connectivity index (χ1) is 8.79. The molecule has 0 fully saturated rings. The van der Waals surface area contributed by atoms with Crippen LogP contribution in [0.25, 0.3) is 0 Å². The van der Waals surface area contributed by atoms with E-state index in [1.54, 1.807) is 0 Å². The highest BCUT2D eigenvalue weighted by Crippen LogP contribution is 2.78. The number of rotatable bonds is 0. The van der Waals surface area contributed by atoms with Crippen molar-refractivity contribution in [2.75, 3.05) is 0 Å². The summed E-state index contributed by atoms with van der Waals surface area (Å²) in [5.41, 5.74) is 2.97. The van der Waals surface area contributed by atoms with Gasteiger partial charge < -0.3 is 0 Å². The Hall–Kier alpha value is 0.520. The van der Waals surface area contributed by atoms with Crippen molar-refractivity contribution in [2.45, 2.75) is 51.4 Å². The van der Waals surface area contributed by atoms with Crippen LogP contribution in [0.15, 0.2) is 22.0 Å². The molecule has 4 rings (SSSR count). The number of hydrogen-bond acceptors (Lipinski definition) is 2. The third kappa shape index (κ3) is 1.56. The van der Waals surface area contributed by atoms with E-state index in [1.807, 2.05) is 0 Å². The Morgan fingerprint density at radius 1 is 0.667 bits per heavy atom. The molecule has 4 aliphatic rings. The van der Waals surface area contributed by atoms with Gasteiger partial charge in [0, 0.05) is 22.0 Å². The average molecular weight is 321 g/mol. The summed E-state index contributed by atoms with van der Waals surface area (Å²) in [5.74, 6) is 0. The molecule has 18 heavy (non-hydrogen) atoms. The summed E-state index contributed by atoms with van der Waals surface area (Å²) in [7, 11) is -1.30. The normalized spacial score (nSPS) is 35.0. The van der Waals surface area contributed by atoms with Gasteiger partial charge in [-0.1, -0.05) is 22.5 Å². The zero-order valence-electron chi connectivity index (χ0n) is 10.2. The maximum Gasteiger partial charge on any atom is 0.140 e. The SMILES string of the molecule is ClP1C2=C(CCCC2)N2N1C1=C(CCCC1)P2Cl. The van der Waals surface area contributed by atoms with Crippen molar-refractivity contribution in [3.8, 4) is 0 Å². The molecule has 0 spiro atoms. The van der Waals surface area contributed by atoms with E-state index in [4.69, 9.17) is 22.5 Å². The highest BCUT2D eigenvalue weighted by Gasteiger charge is 2.49. The van der Waals surface area contributed by atoms with Crippen molar-refractivity contribution in [2.24, 2.45) is 0 Å². The van der Waals surface area contributed by atoms with Gasteiger partial charge in [-0.3, -0.25) is 0 Å². The number of fused-ring (bicyclic) bond motifs is 3. The Labute approximate surface area is 120 Å². The van der Waals surface area contributed by atoms with E-state index in [1.165, 1.54) is 73.4 Å². The Morgan fingerprint density at radius 2 is 1.06 bits per heavy atom. The Bertz CT molecular complexity index is 421. The molecule has 0 saturated heterocycles. The van der Waals surface area contributed by atoms with Gasteiger partial charge in [-0.2, -0.15) is 0 Å². The van der Waals surface area contributed by atoms with Crippen LogP contribution in [-0.4, -0.2) is 9.56 Å². The Kier molecular flexibility index (Phi) is 3.08. The molecule has 0 radical (unpaired) electrons. The fraction of sp³-hybridized carbons (Fsp3) is 0.667. The van der Waals surface area contributed by atoms with Gasteiger partial charge in [0.2, 0.25) is 0 Å². The van der Waals surface area contributed by atoms with Gasteiger partial charge in [-0.15, -0.1) is 0 Å². The molecular weight excluding hydrogens is 305 g/mol. The van der Waals surface area contributed by atoms with Gasteiger partial charge in [0.15, 0.2) is 0 Å². The highest BCUT2D eigenvalue weighted by atomic mass is 35.7. The van der Waals surface area contributed by atoms with E-state index in [-0.39, 0.29) is 0 Å². The predicted molar refractivity (Wildman–Crippen MR) is 80.2 cm³/mol. The predicted octanol–water partition coefficient (Wildman–Crippen LogP) is 6.21. The molecule has 0 amide bonds. The molecule has 0 N–H and O–H groups in total. The fourth-order valence-electron chi connectivity index (χ4n) is 3.39. The molecule has 2 unspecified atom stereocenters. The third-order valence-corrected chi connectivity index (χ3v) is 9.85. The van der Waals surface area contributed by atoms with Crippen molar-refractivity contribution >= 4 is 37.3 Å². The van der Waals surface area contributed by atoms with Gasteiger partial charge in [0.25, 0.3) is 0 Å². The molecule has 0 aromatic heterocycles. The van der Waals surface area contributed by atoms with E-state index in [0.29, 0.717) is 0 Å². The summed E-state index contributed by atoms with van der Waals surface area (Å²) in [6.45, 7) is 0.